The van der Waals surface area contributed by atoms with E-state index in [2.05, 4.69) is 6.08 Å². The second-order valence-electron chi connectivity index (χ2n) is 6.52. The van der Waals surface area contributed by atoms with Crippen LogP contribution in [0.15, 0.2) is 35.9 Å². The molecule has 2 aliphatic carbocycles. The minimum Gasteiger partial charge on any atom is -0.274 e. The fourth-order valence-electron chi connectivity index (χ4n) is 4.33. The smallest absolute Gasteiger partial charge is 0.274 e. The van der Waals surface area contributed by atoms with Gasteiger partial charge in [0.1, 0.15) is 0 Å². The fourth-order valence-corrected chi connectivity index (χ4v) is 4.33. The molecule has 2 amide bonds. The van der Waals surface area contributed by atoms with Gasteiger partial charge >= 0.3 is 6.18 Å². The highest BCUT2D eigenvalue weighted by Gasteiger charge is 2.60. The molecule has 23 heavy (non-hydrogen) atoms. The van der Waals surface area contributed by atoms with Gasteiger partial charge in [-0.1, -0.05) is 11.6 Å². The van der Waals surface area contributed by atoms with Crippen molar-refractivity contribution in [3.63, 3.8) is 0 Å². The molecule has 0 N–H and O–H groups in total. The molecule has 120 valence electrons. The van der Waals surface area contributed by atoms with E-state index in [1.165, 1.54) is 12.1 Å². The van der Waals surface area contributed by atoms with Crippen LogP contribution in [-0.4, -0.2) is 11.8 Å². The topological polar surface area (TPSA) is 37.4 Å². The van der Waals surface area contributed by atoms with Crippen LogP contribution in [0.4, 0.5) is 18.9 Å². The van der Waals surface area contributed by atoms with E-state index in [0.29, 0.717) is 0 Å². The van der Waals surface area contributed by atoms with Gasteiger partial charge < -0.3 is 0 Å². The van der Waals surface area contributed by atoms with E-state index in [-0.39, 0.29) is 41.2 Å². The Morgan fingerprint density at radius 2 is 1.65 bits per heavy atom. The van der Waals surface area contributed by atoms with E-state index in [0.717, 1.165) is 29.0 Å². The Kier molecular flexibility index (Phi) is 2.81. The van der Waals surface area contributed by atoms with Crippen molar-refractivity contribution in [1.82, 2.24) is 0 Å². The van der Waals surface area contributed by atoms with Crippen LogP contribution >= 0.6 is 0 Å². The molecule has 0 radical (unpaired) electrons. The highest BCUT2D eigenvalue weighted by Crippen LogP contribution is 2.55. The van der Waals surface area contributed by atoms with Crippen molar-refractivity contribution in [2.24, 2.45) is 23.7 Å². The number of alkyl halides is 3. The van der Waals surface area contributed by atoms with Crippen molar-refractivity contribution in [3.05, 3.63) is 41.5 Å². The van der Waals surface area contributed by atoms with Gasteiger partial charge in [-0.15, -0.1) is 0 Å². The quantitative estimate of drug-likeness (QED) is 0.587. The molecule has 1 aromatic carbocycles. The van der Waals surface area contributed by atoms with Gasteiger partial charge in [-0.3, -0.25) is 14.5 Å². The van der Waals surface area contributed by atoms with Crippen LogP contribution in [0.1, 0.15) is 18.9 Å². The molecular formula is C17H14F3NO2. The van der Waals surface area contributed by atoms with Gasteiger partial charge in [-0.2, -0.15) is 13.2 Å². The molecule has 0 spiro atoms. The maximum absolute atomic E-state index is 12.7. The summed E-state index contributed by atoms with van der Waals surface area (Å²) < 4.78 is 37.9. The first kappa shape index (κ1) is 14.5. The summed E-state index contributed by atoms with van der Waals surface area (Å²) in [6.07, 6.45) is -1.54. The van der Waals surface area contributed by atoms with Gasteiger partial charge in [0.15, 0.2) is 0 Å². The molecule has 3 nitrogen and oxygen atoms in total. The van der Waals surface area contributed by atoms with E-state index in [4.69, 9.17) is 0 Å². The number of fused-ring (bicyclic) bond motifs is 5. The summed E-state index contributed by atoms with van der Waals surface area (Å²) in [5.74, 6) is -1.07. The molecule has 1 aromatic rings. The lowest BCUT2D eigenvalue weighted by atomic mass is 9.82. The fraction of sp³-hybridized carbons (Fsp3) is 0.412. The van der Waals surface area contributed by atoms with E-state index >= 15 is 0 Å². The van der Waals surface area contributed by atoms with Gasteiger partial charge in [-0.05, 0) is 49.4 Å². The number of benzene rings is 1. The van der Waals surface area contributed by atoms with Crippen LogP contribution in [0.5, 0.6) is 0 Å². The molecule has 1 saturated carbocycles. The molecular weight excluding hydrogens is 307 g/mol. The Morgan fingerprint density at radius 3 is 2.26 bits per heavy atom. The number of carbonyl (C=O) groups excluding carboxylic acids is 2. The zero-order valence-electron chi connectivity index (χ0n) is 12.3. The Morgan fingerprint density at radius 1 is 1.04 bits per heavy atom. The van der Waals surface area contributed by atoms with Crippen LogP contribution < -0.4 is 4.90 Å². The zero-order valence-corrected chi connectivity index (χ0v) is 12.3. The van der Waals surface area contributed by atoms with Crippen molar-refractivity contribution in [1.29, 1.82) is 0 Å². The van der Waals surface area contributed by atoms with Crippen molar-refractivity contribution < 1.29 is 22.8 Å². The number of amides is 2. The average Bonchev–Trinajstić information content (AvgIpc) is 3.10. The summed E-state index contributed by atoms with van der Waals surface area (Å²) in [6, 6.07) is 4.20. The van der Waals surface area contributed by atoms with E-state index in [1.807, 2.05) is 6.92 Å². The van der Waals surface area contributed by atoms with E-state index < -0.39 is 11.7 Å². The molecule has 3 aliphatic rings. The number of hydrogen-bond donors (Lipinski definition) is 0. The van der Waals surface area contributed by atoms with Crippen LogP contribution in [0.3, 0.4) is 0 Å². The first-order valence-electron chi connectivity index (χ1n) is 7.52. The lowest BCUT2D eigenvalue weighted by Gasteiger charge is -2.19. The minimum atomic E-state index is -4.44. The number of halogens is 3. The normalized spacial score (nSPS) is 32.5. The average molecular weight is 321 g/mol. The van der Waals surface area contributed by atoms with Crippen LogP contribution in [0, 0.1) is 23.7 Å². The number of nitrogens with zero attached hydrogens (tertiary/aromatic N) is 1. The third-order valence-corrected chi connectivity index (χ3v) is 5.33. The third kappa shape index (κ3) is 1.90. The lowest BCUT2D eigenvalue weighted by Crippen LogP contribution is -2.33. The molecule has 1 aliphatic heterocycles. The summed E-state index contributed by atoms with van der Waals surface area (Å²) in [4.78, 5) is 26.4. The van der Waals surface area contributed by atoms with Crippen molar-refractivity contribution in [2.75, 3.05) is 4.90 Å². The highest BCUT2D eigenvalue weighted by molar-refractivity contribution is 6.22. The predicted octanol–water partition coefficient (Wildman–Crippen LogP) is 3.41. The molecule has 0 aromatic heterocycles. The maximum Gasteiger partial charge on any atom is 0.416 e. The Bertz CT molecular complexity index is 735. The summed E-state index contributed by atoms with van der Waals surface area (Å²) in [7, 11) is 0. The van der Waals surface area contributed by atoms with Gasteiger partial charge in [0.25, 0.3) is 0 Å². The van der Waals surface area contributed by atoms with E-state index in [1.54, 1.807) is 0 Å². The summed E-state index contributed by atoms with van der Waals surface area (Å²) >= 11 is 0. The van der Waals surface area contributed by atoms with E-state index in [9.17, 15) is 22.8 Å². The second-order valence-corrected chi connectivity index (χ2v) is 6.52. The number of carbonyl (C=O) groups is 2. The molecule has 4 rings (SSSR count). The molecule has 4 atom stereocenters. The molecule has 1 heterocycles. The summed E-state index contributed by atoms with van der Waals surface area (Å²) in [6.45, 7) is 1.97. The van der Waals surface area contributed by atoms with Gasteiger partial charge in [0, 0.05) is 0 Å². The zero-order chi connectivity index (χ0) is 16.5. The molecule has 2 bridgehead atoms. The standard InChI is InChI=1S/C17H14F3NO2/c1-8-6-9-7-12(8)14-13(9)15(22)21(16(14)23)11-4-2-10(3-5-11)17(18,19)20/h2-6,9,12-14H,7H2,1H3/t9-,12+,13+,14+/m0/s1. The van der Waals surface area contributed by atoms with Crippen molar-refractivity contribution in [3.8, 4) is 0 Å². The predicted molar refractivity (Wildman–Crippen MR) is 76.3 cm³/mol. The van der Waals surface area contributed by atoms with Crippen LogP contribution in [0.25, 0.3) is 0 Å². The molecule has 1 saturated heterocycles. The second kappa shape index (κ2) is 4.46. The highest BCUT2D eigenvalue weighted by atomic mass is 19.4. The monoisotopic (exact) mass is 321 g/mol. The Labute approximate surface area is 130 Å². The molecule has 2 fully saturated rings. The van der Waals surface area contributed by atoms with Crippen molar-refractivity contribution >= 4 is 17.5 Å². The maximum atomic E-state index is 12.7. The number of anilines is 1. The van der Waals surface area contributed by atoms with Gasteiger partial charge in [0.2, 0.25) is 11.8 Å². The largest absolute Gasteiger partial charge is 0.416 e. The minimum absolute atomic E-state index is 0.0842. The molecule has 0 unspecified atom stereocenters. The lowest BCUT2D eigenvalue weighted by molar-refractivity contribution is -0.137. The summed E-state index contributed by atoms with van der Waals surface area (Å²) in [5.41, 5.74) is 0.573. The number of rotatable bonds is 1. The first-order valence-corrected chi connectivity index (χ1v) is 7.52. The Balaban J connectivity index is 1.67. The first-order chi connectivity index (χ1) is 10.8. The van der Waals surface area contributed by atoms with Crippen molar-refractivity contribution in [2.45, 2.75) is 19.5 Å². The number of allylic oxidation sites excluding steroid dienone is 2. The number of hydrogen-bond acceptors (Lipinski definition) is 2. The van der Waals surface area contributed by atoms with Crippen LogP contribution in [0.2, 0.25) is 0 Å². The number of imide groups is 1. The van der Waals surface area contributed by atoms with Gasteiger partial charge in [-0.25, -0.2) is 0 Å². The molecule has 6 heteroatoms. The van der Waals surface area contributed by atoms with Crippen LogP contribution in [-0.2, 0) is 15.8 Å². The van der Waals surface area contributed by atoms with Gasteiger partial charge in [0.05, 0.1) is 23.1 Å². The summed E-state index contributed by atoms with van der Waals surface area (Å²) in [5, 5.41) is 0. The third-order valence-electron chi connectivity index (χ3n) is 5.33. The Hall–Kier alpha value is -2.11. The SMILES string of the molecule is CC1=C[C@H]2C[C@H]1[C@H]1C(=O)N(c3ccc(C(F)(F)F)cc3)C(=O)[C@@H]12.